The first-order valence-corrected chi connectivity index (χ1v) is 7.23. The van der Waals surface area contributed by atoms with Gasteiger partial charge in [-0.2, -0.15) is 0 Å². The van der Waals surface area contributed by atoms with E-state index in [-0.39, 0.29) is 11.5 Å². The third-order valence-electron chi connectivity index (χ3n) is 1.59. The van der Waals surface area contributed by atoms with Gasteiger partial charge in [0.05, 0.1) is 5.70 Å². The predicted molar refractivity (Wildman–Crippen MR) is 78.0 cm³/mol. The van der Waals surface area contributed by atoms with Crippen molar-refractivity contribution in [2.45, 2.75) is 20.8 Å². The molecule has 1 aromatic rings. The summed E-state index contributed by atoms with van der Waals surface area (Å²) in [7, 11) is 0. The fraction of sp³-hybridized carbons (Fsp3) is 0.333. The van der Waals surface area contributed by atoms with Gasteiger partial charge in [0.1, 0.15) is 10.3 Å². The average Bonchev–Trinajstić information content (AvgIpc) is 2.37. The highest BCUT2D eigenvalue weighted by Crippen LogP contribution is 2.11. The molecule has 0 fully saturated rings. The number of carbonyl (C=O) groups is 1. The number of halogens is 1. The summed E-state index contributed by atoms with van der Waals surface area (Å²) in [5.41, 5.74) is 6.21. The number of carbonyl (C=O) groups excluding carboxylic acids is 1. The monoisotopic (exact) mass is 316 g/mol. The SMILES string of the molecule is CC.CCS/C=C(\N)C(=O)c1cccc(Br)n1. The van der Waals surface area contributed by atoms with Crippen LogP contribution in [0.25, 0.3) is 0 Å². The van der Waals surface area contributed by atoms with Crippen LogP contribution in [0, 0.1) is 0 Å². The van der Waals surface area contributed by atoms with E-state index in [1.54, 1.807) is 23.6 Å². The van der Waals surface area contributed by atoms with Gasteiger partial charge in [-0.05, 0) is 39.2 Å². The van der Waals surface area contributed by atoms with E-state index in [1.807, 2.05) is 20.8 Å². The molecule has 0 bridgehead atoms. The summed E-state index contributed by atoms with van der Waals surface area (Å²) >= 11 is 4.70. The average molecular weight is 317 g/mol. The zero-order chi connectivity index (χ0) is 13.3. The van der Waals surface area contributed by atoms with Crippen LogP contribution in [0.5, 0.6) is 0 Å². The second-order valence-electron chi connectivity index (χ2n) is 2.70. The van der Waals surface area contributed by atoms with Crippen LogP contribution in [0.2, 0.25) is 0 Å². The fourth-order valence-corrected chi connectivity index (χ4v) is 1.71. The minimum Gasteiger partial charge on any atom is -0.395 e. The van der Waals surface area contributed by atoms with Gasteiger partial charge >= 0.3 is 0 Å². The number of hydrogen-bond donors (Lipinski definition) is 1. The van der Waals surface area contributed by atoms with Crippen molar-refractivity contribution in [1.82, 2.24) is 4.98 Å². The Morgan fingerprint density at radius 1 is 1.53 bits per heavy atom. The lowest BCUT2D eigenvalue weighted by Gasteiger charge is -2.00. The lowest BCUT2D eigenvalue weighted by Crippen LogP contribution is -2.12. The number of rotatable bonds is 4. The van der Waals surface area contributed by atoms with Crippen LogP contribution in [0.4, 0.5) is 0 Å². The molecule has 0 unspecified atom stereocenters. The summed E-state index contributed by atoms with van der Waals surface area (Å²) < 4.78 is 0.629. The van der Waals surface area contributed by atoms with Crippen LogP contribution in [-0.4, -0.2) is 16.5 Å². The summed E-state index contributed by atoms with van der Waals surface area (Å²) in [6.07, 6.45) is 0. The molecular formula is C12H17BrN2OS. The van der Waals surface area contributed by atoms with E-state index in [2.05, 4.69) is 20.9 Å². The van der Waals surface area contributed by atoms with E-state index in [0.717, 1.165) is 5.75 Å². The number of hydrogen-bond acceptors (Lipinski definition) is 4. The summed E-state index contributed by atoms with van der Waals surface area (Å²) in [6, 6.07) is 5.16. The van der Waals surface area contributed by atoms with Crippen LogP contribution < -0.4 is 5.73 Å². The molecule has 1 aromatic heterocycles. The molecule has 0 aromatic carbocycles. The summed E-state index contributed by atoms with van der Waals surface area (Å²) in [4.78, 5) is 15.8. The maximum absolute atomic E-state index is 11.7. The molecule has 0 spiro atoms. The van der Waals surface area contributed by atoms with Crippen molar-refractivity contribution in [3.63, 3.8) is 0 Å². The smallest absolute Gasteiger partial charge is 0.227 e. The fourth-order valence-electron chi connectivity index (χ4n) is 0.909. The van der Waals surface area contributed by atoms with E-state index >= 15 is 0 Å². The Morgan fingerprint density at radius 2 is 2.18 bits per heavy atom. The zero-order valence-electron chi connectivity index (χ0n) is 10.2. The highest BCUT2D eigenvalue weighted by molar-refractivity contribution is 9.10. The minimum absolute atomic E-state index is 0.229. The van der Waals surface area contributed by atoms with Gasteiger partial charge in [0.15, 0.2) is 0 Å². The number of Topliss-reactive ketones (excluding diaryl/α,β-unsaturated/α-hetero) is 1. The number of ketones is 1. The Bertz CT molecular complexity index is 394. The standard InChI is InChI=1S/C10H11BrN2OS.C2H6/c1-2-15-6-7(12)10(14)8-4-3-5-9(11)13-8;1-2/h3-6H,2,12H2,1H3;1-2H3/b7-6-;. The Balaban J connectivity index is 0.00000121. The zero-order valence-corrected chi connectivity index (χ0v) is 12.6. The molecule has 3 nitrogen and oxygen atoms in total. The van der Waals surface area contributed by atoms with Gasteiger partial charge in [0.25, 0.3) is 0 Å². The predicted octanol–water partition coefficient (Wildman–Crippen LogP) is 3.61. The van der Waals surface area contributed by atoms with Crippen molar-refractivity contribution in [2.75, 3.05) is 5.75 Å². The lowest BCUT2D eigenvalue weighted by molar-refractivity contribution is 0.102. The minimum atomic E-state index is -0.239. The van der Waals surface area contributed by atoms with Crippen LogP contribution in [0.15, 0.2) is 33.9 Å². The topological polar surface area (TPSA) is 56.0 Å². The highest BCUT2D eigenvalue weighted by atomic mass is 79.9. The molecule has 94 valence electrons. The highest BCUT2D eigenvalue weighted by Gasteiger charge is 2.10. The van der Waals surface area contributed by atoms with Crippen molar-refractivity contribution in [1.29, 1.82) is 0 Å². The Labute approximate surface area is 115 Å². The van der Waals surface area contributed by atoms with Gasteiger partial charge in [0, 0.05) is 0 Å². The summed E-state index contributed by atoms with van der Waals surface area (Å²) in [6.45, 7) is 6.00. The molecular weight excluding hydrogens is 300 g/mol. The number of thioether (sulfide) groups is 1. The van der Waals surface area contributed by atoms with E-state index in [9.17, 15) is 4.79 Å². The van der Waals surface area contributed by atoms with Crippen molar-refractivity contribution < 1.29 is 4.79 Å². The molecule has 0 aliphatic carbocycles. The molecule has 1 heterocycles. The van der Waals surface area contributed by atoms with Gasteiger partial charge in [0.2, 0.25) is 5.78 Å². The third-order valence-corrected chi connectivity index (χ3v) is 2.78. The van der Waals surface area contributed by atoms with Crippen LogP contribution >= 0.6 is 27.7 Å². The van der Waals surface area contributed by atoms with E-state index in [4.69, 9.17) is 5.73 Å². The molecule has 0 aliphatic heterocycles. The quantitative estimate of drug-likeness (QED) is 0.524. The van der Waals surface area contributed by atoms with Crippen molar-refractivity contribution in [3.05, 3.63) is 39.6 Å². The van der Waals surface area contributed by atoms with E-state index in [1.165, 1.54) is 11.8 Å². The van der Waals surface area contributed by atoms with Crippen LogP contribution in [0.1, 0.15) is 31.3 Å². The normalized spacial score (nSPS) is 10.5. The molecule has 0 aliphatic rings. The molecule has 2 N–H and O–H groups in total. The van der Waals surface area contributed by atoms with Crippen LogP contribution in [-0.2, 0) is 0 Å². The maximum atomic E-state index is 11.7. The maximum Gasteiger partial charge on any atom is 0.227 e. The first-order valence-electron chi connectivity index (χ1n) is 5.39. The first-order chi connectivity index (χ1) is 8.15. The van der Waals surface area contributed by atoms with Crippen molar-refractivity contribution >= 4 is 33.5 Å². The lowest BCUT2D eigenvalue weighted by atomic mass is 10.2. The number of pyridine rings is 1. The van der Waals surface area contributed by atoms with Crippen molar-refractivity contribution in [3.8, 4) is 0 Å². The molecule has 5 heteroatoms. The van der Waals surface area contributed by atoms with E-state index in [0.29, 0.717) is 10.3 Å². The summed E-state index contributed by atoms with van der Waals surface area (Å²) in [5.74, 6) is 0.650. The summed E-state index contributed by atoms with van der Waals surface area (Å²) in [5, 5.41) is 1.66. The number of allylic oxidation sites excluding steroid dienone is 1. The second kappa shape index (κ2) is 9.24. The van der Waals surface area contributed by atoms with Crippen LogP contribution in [0.3, 0.4) is 0 Å². The molecule has 1 rings (SSSR count). The molecule has 0 atom stereocenters. The molecule has 0 radical (unpaired) electrons. The Kier molecular flexibility index (Phi) is 8.80. The van der Waals surface area contributed by atoms with Gasteiger partial charge in [-0.25, -0.2) is 4.98 Å². The largest absolute Gasteiger partial charge is 0.395 e. The number of aromatic nitrogens is 1. The molecule has 17 heavy (non-hydrogen) atoms. The van der Waals surface area contributed by atoms with Gasteiger partial charge in [-0.3, -0.25) is 4.79 Å². The Morgan fingerprint density at radius 3 is 2.71 bits per heavy atom. The molecule has 0 amide bonds. The van der Waals surface area contributed by atoms with Gasteiger partial charge in [-0.15, -0.1) is 11.8 Å². The molecule has 0 saturated carbocycles. The van der Waals surface area contributed by atoms with Gasteiger partial charge in [-0.1, -0.05) is 26.8 Å². The van der Waals surface area contributed by atoms with Gasteiger partial charge < -0.3 is 5.73 Å². The Hall–Kier alpha value is -0.810. The first kappa shape index (κ1) is 16.2. The number of nitrogens with two attached hydrogens (primary N) is 1. The third kappa shape index (κ3) is 5.89. The van der Waals surface area contributed by atoms with Crippen molar-refractivity contribution in [2.24, 2.45) is 5.73 Å². The second-order valence-corrected chi connectivity index (χ2v) is 4.66. The van der Waals surface area contributed by atoms with E-state index < -0.39 is 0 Å². The number of nitrogens with zero attached hydrogens (tertiary/aromatic N) is 1. The molecule has 0 saturated heterocycles.